The van der Waals surface area contributed by atoms with E-state index in [1.807, 2.05) is 0 Å². The molecule has 0 aliphatic heterocycles. The van der Waals surface area contributed by atoms with Crippen molar-refractivity contribution in [2.24, 2.45) is 5.92 Å². The Morgan fingerprint density at radius 2 is 2.00 bits per heavy atom. The highest BCUT2D eigenvalue weighted by atomic mass is 19.1. The van der Waals surface area contributed by atoms with Crippen LogP contribution in [0.5, 0.6) is 0 Å². The number of benzene rings is 1. The van der Waals surface area contributed by atoms with E-state index in [0.717, 1.165) is 0 Å². The van der Waals surface area contributed by atoms with Gasteiger partial charge in [0.25, 0.3) is 0 Å². The van der Waals surface area contributed by atoms with Gasteiger partial charge in [0.2, 0.25) is 5.91 Å². The molecule has 0 spiro atoms. The van der Waals surface area contributed by atoms with Crippen LogP contribution in [0.15, 0.2) is 24.3 Å². The molecular weight excluding hydrogens is 261 g/mol. The Hall–Kier alpha value is -1.91. The molecule has 1 aromatic rings. The van der Waals surface area contributed by atoms with Gasteiger partial charge in [0, 0.05) is 18.9 Å². The first-order valence-corrected chi connectivity index (χ1v) is 6.73. The molecule has 20 heavy (non-hydrogen) atoms. The van der Waals surface area contributed by atoms with Crippen LogP contribution in [0, 0.1) is 11.7 Å². The first kappa shape index (κ1) is 16.1. The minimum atomic E-state index is -0.829. The van der Waals surface area contributed by atoms with Crippen LogP contribution in [0.3, 0.4) is 0 Å². The minimum absolute atomic E-state index is 0.112. The molecule has 5 heteroatoms. The summed E-state index contributed by atoms with van der Waals surface area (Å²) in [5, 5.41) is 11.2. The monoisotopic (exact) mass is 281 g/mol. The van der Waals surface area contributed by atoms with Crippen LogP contribution in [0.1, 0.15) is 31.7 Å². The van der Waals surface area contributed by atoms with Gasteiger partial charge in [-0.25, -0.2) is 4.39 Å². The van der Waals surface area contributed by atoms with Gasteiger partial charge in [-0.3, -0.25) is 9.59 Å². The van der Waals surface area contributed by atoms with Gasteiger partial charge in [-0.05, 0) is 30.9 Å². The zero-order valence-corrected chi connectivity index (χ0v) is 11.6. The van der Waals surface area contributed by atoms with E-state index in [9.17, 15) is 14.0 Å². The largest absolute Gasteiger partial charge is 0.481 e. The summed E-state index contributed by atoms with van der Waals surface area (Å²) in [5.74, 6) is -1.58. The first-order valence-electron chi connectivity index (χ1n) is 6.73. The number of amides is 1. The standard InChI is InChI=1S/C15H20FNO3/c1-11(10-12-6-2-3-7-13(12)16)15(20)17-9-5-4-8-14(18)19/h2-3,6-7,11H,4-5,8-10H2,1H3,(H,17,20)(H,18,19). The fraction of sp³-hybridized carbons (Fsp3) is 0.467. The van der Waals surface area contributed by atoms with Crippen molar-refractivity contribution in [1.29, 1.82) is 0 Å². The second-order valence-corrected chi connectivity index (χ2v) is 4.84. The van der Waals surface area contributed by atoms with Crippen molar-refractivity contribution in [2.45, 2.75) is 32.6 Å². The van der Waals surface area contributed by atoms with Crippen molar-refractivity contribution in [1.82, 2.24) is 5.32 Å². The van der Waals surface area contributed by atoms with Crippen LogP contribution < -0.4 is 5.32 Å². The van der Waals surface area contributed by atoms with E-state index in [1.165, 1.54) is 6.07 Å². The lowest BCUT2D eigenvalue weighted by atomic mass is 10.00. The van der Waals surface area contributed by atoms with Crippen molar-refractivity contribution in [3.05, 3.63) is 35.6 Å². The third kappa shape index (κ3) is 5.82. The Bertz CT molecular complexity index is 462. The number of carboxylic acids is 1. The minimum Gasteiger partial charge on any atom is -0.481 e. The number of hydrogen-bond donors (Lipinski definition) is 2. The number of carbonyl (C=O) groups is 2. The molecule has 1 rings (SSSR count). The summed E-state index contributed by atoms with van der Waals surface area (Å²) < 4.78 is 13.5. The van der Waals surface area contributed by atoms with Gasteiger partial charge in [0.15, 0.2) is 0 Å². The topological polar surface area (TPSA) is 66.4 Å². The van der Waals surface area contributed by atoms with E-state index in [2.05, 4.69) is 5.32 Å². The molecule has 0 aliphatic rings. The second-order valence-electron chi connectivity index (χ2n) is 4.84. The Morgan fingerprint density at radius 3 is 2.65 bits per heavy atom. The number of carboxylic acid groups (broad SMARTS) is 1. The lowest BCUT2D eigenvalue weighted by molar-refractivity contribution is -0.137. The van der Waals surface area contributed by atoms with Gasteiger partial charge in [0.05, 0.1) is 0 Å². The molecular formula is C15H20FNO3. The highest BCUT2D eigenvalue weighted by Gasteiger charge is 2.14. The maximum atomic E-state index is 13.5. The molecule has 1 atom stereocenters. The maximum Gasteiger partial charge on any atom is 0.303 e. The van der Waals surface area contributed by atoms with Crippen molar-refractivity contribution < 1.29 is 19.1 Å². The number of halogens is 1. The molecule has 0 saturated heterocycles. The molecule has 1 aromatic carbocycles. The predicted molar refractivity (Wildman–Crippen MR) is 73.8 cm³/mol. The molecule has 4 nitrogen and oxygen atoms in total. The molecule has 0 fully saturated rings. The van der Waals surface area contributed by atoms with Gasteiger partial charge >= 0.3 is 5.97 Å². The number of nitrogens with one attached hydrogen (secondary N) is 1. The average Bonchev–Trinajstić information content (AvgIpc) is 2.40. The third-order valence-electron chi connectivity index (χ3n) is 3.05. The van der Waals surface area contributed by atoms with Crippen molar-refractivity contribution >= 4 is 11.9 Å². The van der Waals surface area contributed by atoms with Gasteiger partial charge in [0.1, 0.15) is 5.82 Å². The summed E-state index contributed by atoms with van der Waals surface area (Å²) in [5.41, 5.74) is 0.529. The second kappa shape index (κ2) is 8.30. The molecule has 2 N–H and O–H groups in total. The van der Waals surface area contributed by atoms with E-state index >= 15 is 0 Å². The molecule has 1 unspecified atom stereocenters. The van der Waals surface area contributed by atoms with Crippen LogP contribution in [0.4, 0.5) is 4.39 Å². The van der Waals surface area contributed by atoms with Crippen molar-refractivity contribution in [3.8, 4) is 0 Å². The Morgan fingerprint density at radius 1 is 1.30 bits per heavy atom. The fourth-order valence-electron chi connectivity index (χ4n) is 1.87. The lowest BCUT2D eigenvalue weighted by Crippen LogP contribution is -2.31. The van der Waals surface area contributed by atoms with E-state index in [0.29, 0.717) is 31.4 Å². The quantitative estimate of drug-likeness (QED) is 0.719. The molecule has 0 aromatic heterocycles. The summed E-state index contributed by atoms with van der Waals surface area (Å²) >= 11 is 0. The van der Waals surface area contributed by atoms with Crippen molar-refractivity contribution in [2.75, 3.05) is 6.54 Å². The smallest absolute Gasteiger partial charge is 0.303 e. The highest BCUT2D eigenvalue weighted by molar-refractivity contribution is 5.78. The molecule has 0 bridgehead atoms. The maximum absolute atomic E-state index is 13.5. The molecule has 0 saturated carbocycles. The Balaban J connectivity index is 2.29. The number of rotatable bonds is 8. The number of hydrogen-bond acceptors (Lipinski definition) is 2. The van der Waals surface area contributed by atoms with E-state index in [1.54, 1.807) is 25.1 Å². The van der Waals surface area contributed by atoms with Gasteiger partial charge in [-0.15, -0.1) is 0 Å². The Labute approximate surface area is 118 Å². The van der Waals surface area contributed by atoms with Gasteiger partial charge < -0.3 is 10.4 Å². The molecule has 0 heterocycles. The van der Waals surface area contributed by atoms with Crippen LogP contribution in [-0.4, -0.2) is 23.5 Å². The fourth-order valence-corrected chi connectivity index (χ4v) is 1.87. The van der Waals surface area contributed by atoms with Gasteiger partial charge in [-0.2, -0.15) is 0 Å². The van der Waals surface area contributed by atoms with Crippen LogP contribution >= 0.6 is 0 Å². The average molecular weight is 281 g/mol. The molecule has 1 amide bonds. The zero-order chi connectivity index (χ0) is 15.0. The third-order valence-corrected chi connectivity index (χ3v) is 3.05. The number of carbonyl (C=O) groups excluding carboxylic acids is 1. The van der Waals surface area contributed by atoms with Crippen LogP contribution in [0.25, 0.3) is 0 Å². The van der Waals surface area contributed by atoms with Crippen LogP contribution in [-0.2, 0) is 16.0 Å². The van der Waals surface area contributed by atoms with Crippen molar-refractivity contribution in [3.63, 3.8) is 0 Å². The van der Waals surface area contributed by atoms with E-state index in [-0.39, 0.29) is 24.1 Å². The zero-order valence-electron chi connectivity index (χ0n) is 11.6. The SMILES string of the molecule is CC(Cc1ccccc1F)C(=O)NCCCCC(=O)O. The summed E-state index contributed by atoms with van der Waals surface area (Å²) in [4.78, 5) is 22.1. The van der Waals surface area contributed by atoms with E-state index < -0.39 is 5.97 Å². The molecule has 110 valence electrons. The van der Waals surface area contributed by atoms with E-state index in [4.69, 9.17) is 5.11 Å². The normalized spacial score (nSPS) is 11.9. The highest BCUT2D eigenvalue weighted by Crippen LogP contribution is 2.12. The summed E-state index contributed by atoms with van der Waals surface area (Å²) in [6, 6.07) is 6.42. The molecule has 0 radical (unpaired) electrons. The Kier molecular flexibility index (Phi) is 6.70. The van der Waals surface area contributed by atoms with Gasteiger partial charge in [-0.1, -0.05) is 25.1 Å². The number of aliphatic carboxylic acids is 1. The summed E-state index contributed by atoms with van der Waals surface area (Å²) in [6.45, 7) is 2.20. The number of unbranched alkanes of at least 4 members (excludes halogenated alkanes) is 1. The predicted octanol–water partition coefficient (Wildman–Crippen LogP) is 2.38. The molecule has 0 aliphatic carbocycles. The first-order chi connectivity index (χ1) is 9.50. The lowest BCUT2D eigenvalue weighted by Gasteiger charge is -2.12. The van der Waals surface area contributed by atoms with Crippen LogP contribution in [0.2, 0.25) is 0 Å². The summed E-state index contributed by atoms with van der Waals surface area (Å²) in [6.07, 6.45) is 1.63. The summed E-state index contributed by atoms with van der Waals surface area (Å²) in [7, 11) is 0.